The van der Waals surface area contributed by atoms with Crippen molar-refractivity contribution in [3.05, 3.63) is 66.4 Å². The quantitative estimate of drug-likeness (QED) is 0.403. The van der Waals surface area contributed by atoms with Crippen molar-refractivity contribution in [2.45, 2.75) is 39.5 Å². The zero-order valence-electron chi connectivity index (χ0n) is 17.7. The second-order valence-corrected chi connectivity index (χ2v) is 7.01. The van der Waals surface area contributed by atoms with Gasteiger partial charge in [0.05, 0.1) is 6.33 Å². The molecule has 3 heterocycles. The van der Waals surface area contributed by atoms with Gasteiger partial charge in [0.2, 0.25) is 0 Å². The minimum atomic E-state index is -0.345. The van der Waals surface area contributed by atoms with Crippen LogP contribution < -0.4 is 4.74 Å². The van der Waals surface area contributed by atoms with Gasteiger partial charge in [-0.1, -0.05) is 6.07 Å². The van der Waals surface area contributed by atoms with Crippen molar-refractivity contribution in [3.63, 3.8) is 0 Å². The second kappa shape index (κ2) is 10.8. The van der Waals surface area contributed by atoms with Crippen LogP contribution in [0.1, 0.15) is 31.4 Å². The minimum absolute atomic E-state index is 0.142. The average molecular weight is 441 g/mol. The average Bonchev–Trinajstić information content (AvgIpc) is 3.51. The van der Waals surface area contributed by atoms with Gasteiger partial charge in [-0.2, -0.15) is 10.2 Å². The molecule has 0 saturated carbocycles. The van der Waals surface area contributed by atoms with Gasteiger partial charge < -0.3 is 14.8 Å². The lowest BCUT2D eigenvalue weighted by Crippen LogP contribution is -2.10. The molecule has 10 nitrogen and oxygen atoms in total. The number of carboxylic acid groups (broad SMARTS) is 1. The topological polar surface area (TPSA) is 124 Å². The molecule has 0 bridgehead atoms. The SMILES string of the molecule is CC(C)n1nccc1-c1nc(COc2cccc(F)c2)nn1CCc1cnc[nH]1.O=CO. The number of benzene rings is 1. The van der Waals surface area contributed by atoms with E-state index in [1.54, 1.807) is 30.9 Å². The molecule has 3 aromatic heterocycles. The Bertz CT molecular complexity index is 1120. The Morgan fingerprint density at radius 3 is 2.81 bits per heavy atom. The molecule has 0 aliphatic rings. The Balaban J connectivity index is 0.000000913. The van der Waals surface area contributed by atoms with Crippen LogP contribution in [-0.2, 0) is 24.4 Å². The van der Waals surface area contributed by atoms with Gasteiger partial charge >= 0.3 is 0 Å². The van der Waals surface area contributed by atoms with E-state index in [1.165, 1.54) is 12.1 Å². The first kappa shape index (κ1) is 22.7. The van der Waals surface area contributed by atoms with Crippen molar-refractivity contribution < 1.29 is 19.0 Å². The lowest BCUT2D eigenvalue weighted by atomic mass is 10.3. The van der Waals surface area contributed by atoms with Crippen LogP contribution in [0, 0.1) is 5.82 Å². The molecule has 0 aliphatic carbocycles. The highest BCUT2D eigenvalue weighted by Gasteiger charge is 2.18. The van der Waals surface area contributed by atoms with Gasteiger partial charge in [0.1, 0.15) is 23.9 Å². The molecule has 0 aliphatic heterocycles. The number of aryl methyl sites for hydroxylation is 2. The number of ether oxygens (including phenoxy) is 1. The molecule has 0 fully saturated rings. The molecule has 4 aromatic rings. The smallest absolute Gasteiger partial charge is 0.290 e. The van der Waals surface area contributed by atoms with Crippen molar-refractivity contribution >= 4 is 6.47 Å². The first-order valence-corrected chi connectivity index (χ1v) is 9.93. The largest absolute Gasteiger partial charge is 0.485 e. The highest BCUT2D eigenvalue weighted by Crippen LogP contribution is 2.22. The van der Waals surface area contributed by atoms with Gasteiger partial charge in [0, 0.05) is 43.2 Å². The van der Waals surface area contributed by atoms with Crippen LogP contribution in [0.5, 0.6) is 5.75 Å². The summed E-state index contributed by atoms with van der Waals surface area (Å²) in [6.07, 6.45) is 5.94. The molecule has 0 amide bonds. The number of nitrogens with zero attached hydrogens (tertiary/aromatic N) is 6. The monoisotopic (exact) mass is 441 g/mol. The number of halogens is 1. The van der Waals surface area contributed by atoms with Crippen LogP contribution >= 0.6 is 0 Å². The summed E-state index contributed by atoms with van der Waals surface area (Å²) in [4.78, 5) is 20.2. The Morgan fingerprint density at radius 2 is 2.12 bits per heavy atom. The van der Waals surface area contributed by atoms with Crippen molar-refractivity contribution in [1.29, 1.82) is 0 Å². The van der Waals surface area contributed by atoms with Crippen molar-refractivity contribution in [2.75, 3.05) is 0 Å². The van der Waals surface area contributed by atoms with E-state index in [2.05, 4.69) is 39.0 Å². The fraction of sp³-hybridized carbons (Fsp3) is 0.286. The van der Waals surface area contributed by atoms with Crippen LogP contribution in [0.15, 0.2) is 49.1 Å². The van der Waals surface area contributed by atoms with Gasteiger partial charge in [-0.05, 0) is 32.0 Å². The molecule has 4 rings (SSSR count). The van der Waals surface area contributed by atoms with Crippen LogP contribution in [0.25, 0.3) is 11.5 Å². The number of H-pyrrole nitrogens is 1. The molecule has 32 heavy (non-hydrogen) atoms. The molecule has 0 atom stereocenters. The summed E-state index contributed by atoms with van der Waals surface area (Å²) < 4.78 is 22.8. The maximum atomic E-state index is 13.4. The van der Waals surface area contributed by atoms with Gasteiger partial charge in [0.15, 0.2) is 11.6 Å². The molecular weight excluding hydrogens is 417 g/mol. The van der Waals surface area contributed by atoms with E-state index in [4.69, 9.17) is 14.6 Å². The van der Waals surface area contributed by atoms with E-state index in [-0.39, 0.29) is 24.9 Å². The number of rotatable bonds is 8. The highest BCUT2D eigenvalue weighted by atomic mass is 19.1. The van der Waals surface area contributed by atoms with Gasteiger partial charge in [-0.15, -0.1) is 0 Å². The van der Waals surface area contributed by atoms with Crippen LogP contribution in [0.3, 0.4) is 0 Å². The van der Waals surface area contributed by atoms with E-state index < -0.39 is 0 Å². The van der Waals surface area contributed by atoms with Crippen molar-refractivity contribution in [1.82, 2.24) is 34.5 Å². The number of aromatic nitrogens is 7. The summed E-state index contributed by atoms with van der Waals surface area (Å²) in [6, 6.07) is 8.13. The number of imidazole rings is 1. The molecule has 0 saturated heterocycles. The Hall–Kier alpha value is -4.02. The summed E-state index contributed by atoms with van der Waals surface area (Å²) in [5.74, 6) is 1.33. The second-order valence-electron chi connectivity index (χ2n) is 7.01. The number of carbonyl (C=O) groups is 1. The highest BCUT2D eigenvalue weighted by molar-refractivity contribution is 5.49. The normalized spacial score (nSPS) is 10.6. The minimum Gasteiger partial charge on any atom is -0.485 e. The van der Waals surface area contributed by atoms with Gasteiger partial charge in [-0.25, -0.2) is 19.0 Å². The number of hydrogen-bond acceptors (Lipinski definition) is 6. The molecule has 0 radical (unpaired) electrons. The Morgan fingerprint density at radius 1 is 1.31 bits per heavy atom. The van der Waals surface area contributed by atoms with E-state index in [1.807, 2.05) is 15.4 Å². The fourth-order valence-corrected chi connectivity index (χ4v) is 3.05. The van der Waals surface area contributed by atoms with E-state index in [0.29, 0.717) is 23.9 Å². The molecule has 168 valence electrons. The number of hydrogen-bond donors (Lipinski definition) is 2. The summed E-state index contributed by atoms with van der Waals surface area (Å²) >= 11 is 0. The predicted molar refractivity (Wildman–Crippen MR) is 113 cm³/mol. The summed E-state index contributed by atoms with van der Waals surface area (Å²) in [5, 5.41) is 15.9. The lowest BCUT2D eigenvalue weighted by molar-refractivity contribution is -0.122. The predicted octanol–water partition coefficient (Wildman–Crippen LogP) is 3.11. The molecule has 11 heteroatoms. The molecule has 1 aromatic carbocycles. The zero-order valence-corrected chi connectivity index (χ0v) is 17.7. The molecule has 0 spiro atoms. The van der Waals surface area contributed by atoms with E-state index in [0.717, 1.165) is 17.8 Å². The first-order chi connectivity index (χ1) is 15.5. The van der Waals surface area contributed by atoms with Gasteiger partial charge in [-0.3, -0.25) is 9.48 Å². The molecular formula is C21H24FN7O3. The number of nitrogens with one attached hydrogen (secondary N) is 1. The molecule has 0 unspecified atom stereocenters. The third-order valence-corrected chi connectivity index (χ3v) is 4.42. The summed E-state index contributed by atoms with van der Waals surface area (Å²) in [6.45, 7) is 4.64. The third kappa shape index (κ3) is 5.78. The number of aromatic amines is 1. The Kier molecular flexibility index (Phi) is 7.68. The van der Waals surface area contributed by atoms with E-state index >= 15 is 0 Å². The third-order valence-electron chi connectivity index (χ3n) is 4.42. The fourth-order valence-electron chi connectivity index (χ4n) is 3.05. The first-order valence-electron chi connectivity index (χ1n) is 9.93. The lowest BCUT2D eigenvalue weighted by Gasteiger charge is -2.11. The Labute approximate surface area is 183 Å². The maximum Gasteiger partial charge on any atom is 0.290 e. The van der Waals surface area contributed by atoms with Crippen LogP contribution in [-0.4, -0.2) is 46.1 Å². The zero-order chi connectivity index (χ0) is 22.9. The summed E-state index contributed by atoms with van der Waals surface area (Å²) in [7, 11) is 0. The maximum absolute atomic E-state index is 13.4. The van der Waals surface area contributed by atoms with E-state index in [9.17, 15) is 4.39 Å². The standard InChI is InChI=1S/C20H22FN7O.CH2O2/c1-14(2)28-18(6-8-24-28)20-25-19(12-29-17-5-3-4-15(21)10-17)26-27(20)9-7-16-11-22-13-23-16;2-1-3/h3-6,8,10-11,13-14H,7,9,12H2,1-2H3,(H,22,23);1H,(H,2,3). The summed E-state index contributed by atoms with van der Waals surface area (Å²) in [5.41, 5.74) is 1.90. The van der Waals surface area contributed by atoms with Crippen molar-refractivity contribution in [3.8, 4) is 17.3 Å². The van der Waals surface area contributed by atoms with Crippen LogP contribution in [0.2, 0.25) is 0 Å². The van der Waals surface area contributed by atoms with Crippen molar-refractivity contribution in [2.24, 2.45) is 0 Å². The van der Waals surface area contributed by atoms with Gasteiger partial charge in [0.25, 0.3) is 6.47 Å². The van der Waals surface area contributed by atoms with Crippen LogP contribution in [0.4, 0.5) is 4.39 Å². The molecule has 2 N–H and O–H groups in total.